The molecule has 0 radical (unpaired) electrons. The number of nitrogens with zero attached hydrogens (tertiary/aromatic N) is 3. The number of nitrogen functional groups attached to an aromatic ring is 1. The van der Waals surface area contributed by atoms with Crippen molar-refractivity contribution in [2.45, 2.75) is 50.8 Å². The van der Waals surface area contributed by atoms with Crippen molar-refractivity contribution >= 4 is 40.1 Å². The predicted molar refractivity (Wildman–Crippen MR) is 151 cm³/mol. The molecule has 10 heteroatoms. The van der Waals surface area contributed by atoms with E-state index in [2.05, 4.69) is 16.9 Å². The summed E-state index contributed by atoms with van der Waals surface area (Å²) in [5.41, 5.74) is 9.18. The fraction of sp³-hybridized carbons (Fsp3) is 0.310. The number of hydrogen-bond donors (Lipinski definition) is 1. The number of alkyl halides is 2. The van der Waals surface area contributed by atoms with Crippen molar-refractivity contribution in [3.63, 3.8) is 0 Å². The zero-order chi connectivity index (χ0) is 28.5. The highest BCUT2D eigenvalue weighted by Crippen LogP contribution is 2.39. The minimum atomic E-state index is -2.67. The second kappa shape index (κ2) is 11.5. The number of fused-ring (bicyclic) bond motifs is 1. The Labute approximate surface area is 233 Å². The Morgan fingerprint density at radius 3 is 2.38 bits per heavy atom. The number of hydrogen-bond acceptors (Lipinski definition) is 4. The molecule has 4 nitrogen and oxygen atoms in total. The Hall–Kier alpha value is -3.22. The van der Waals surface area contributed by atoms with Gasteiger partial charge in [0.2, 0.25) is 0 Å². The van der Waals surface area contributed by atoms with Crippen LogP contribution in [0.1, 0.15) is 43.6 Å². The highest BCUT2D eigenvalue weighted by atomic mass is 35.5. The van der Waals surface area contributed by atoms with Gasteiger partial charge >= 0.3 is 0 Å². The van der Waals surface area contributed by atoms with E-state index >= 15 is 0 Å². The maximum absolute atomic E-state index is 13.9. The topological polar surface area (TPSA) is 56.7 Å². The van der Waals surface area contributed by atoms with Crippen molar-refractivity contribution in [1.82, 2.24) is 14.8 Å². The number of nitrogens with two attached hydrogens (primary N) is 1. The van der Waals surface area contributed by atoms with E-state index in [0.717, 1.165) is 10.7 Å². The van der Waals surface area contributed by atoms with Crippen molar-refractivity contribution < 1.29 is 17.6 Å². The first-order valence-electron chi connectivity index (χ1n) is 12.2. The summed E-state index contributed by atoms with van der Waals surface area (Å²) in [4.78, 5) is 4.84. The number of rotatable bonds is 7. The summed E-state index contributed by atoms with van der Waals surface area (Å²) < 4.78 is 55.6. The van der Waals surface area contributed by atoms with Gasteiger partial charge in [0, 0.05) is 23.1 Å². The molecule has 2 aromatic carbocycles. The lowest BCUT2D eigenvalue weighted by molar-refractivity contribution is 0.123. The third-order valence-corrected chi connectivity index (χ3v) is 7.77. The van der Waals surface area contributed by atoms with Crippen LogP contribution in [0, 0.1) is 23.5 Å². The van der Waals surface area contributed by atoms with Gasteiger partial charge in [-0.15, -0.1) is 11.8 Å². The molecule has 0 aliphatic rings. The van der Waals surface area contributed by atoms with Crippen LogP contribution in [-0.2, 0) is 13.0 Å². The second-order valence-corrected chi connectivity index (χ2v) is 11.6. The molecule has 1 atom stereocenters. The lowest BCUT2D eigenvalue weighted by Crippen LogP contribution is -2.11. The van der Waals surface area contributed by atoms with Crippen LogP contribution in [0.2, 0.25) is 5.02 Å². The average Bonchev–Trinajstić information content (AvgIpc) is 3.18. The van der Waals surface area contributed by atoms with Crippen molar-refractivity contribution in [2.75, 3.05) is 12.0 Å². The van der Waals surface area contributed by atoms with Crippen LogP contribution in [0.15, 0.2) is 42.5 Å². The maximum atomic E-state index is 13.9. The van der Waals surface area contributed by atoms with Crippen LogP contribution in [0.5, 0.6) is 0 Å². The molecule has 204 valence electrons. The van der Waals surface area contributed by atoms with E-state index in [1.165, 1.54) is 12.1 Å². The molecule has 4 aromatic rings. The monoisotopic (exact) mass is 574 g/mol. The number of thioether (sulfide) groups is 1. The van der Waals surface area contributed by atoms with Crippen LogP contribution in [-0.4, -0.2) is 32.2 Å². The van der Waals surface area contributed by atoms with Crippen LogP contribution in [0.3, 0.4) is 0 Å². The second-order valence-electron chi connectivity index (χ2n) is 9.75. The largest absolute Gasteiger partial charge is 0.382 e. The summed E-state index contributed by atoms with van der Waals surface area (Å²) in [7, 11) is 0. The van der Waals surface area contributed by atoms with Crippen LogP contribution in [0.4, 0.5) is 23.4 Å². The lowest BCUT2D eigenvalue weighted by atomic mass is 9.90. The van der Waals surface area contributed by atoms with Gasteiger partial charge in [-0.1, -0.05) is 30.5 Å². The zero-order valence-electron chi connectivity index (χ0n) is 21.8. The smallest absolute Gasteiger partial charge is 0.257 e. The summed E-state index contributed by atoms with van der Waals surface area (Å²) in [6.07, 6.45) is -0.426. The van der Waals surface area contributed by atoms with E-state index < -0.39 is 24.6 Å². The summed E-state index contributed by atoms with van der Waals surface area (Å²) in [6.45, 7) is 5.21. The summed E-state index contributed by atoms with van der Waals surface area (Å²) in [6, 6.07) is 10.3. The fourth-order valence-corrected chi connectivity index (χ4v) is 4.78. The Kier molecular flexibility index (Phi) is 8.48. The molecule has 2 aromatic heterocycles. The molecule has 0 bridgehead atoms. The Morgan fingerprint density at radius 2 is 1.74 bits per heavy atom. The van der Waals surface area contributed by atoms with Crippen LogP contribution >= 0.6 is 23.4 Å². The molecule has 2 heterocycles. The number of pyridine rings is 1. The number of halogens is 5. The molecule has 4 rings (SSSR count). The molecule has 0 amide bonds. The van der Waals surface area contributed by atoms with Gasteiger partial charge in [-0.25, -0.2) is 22.5 Å². The third kappa shape index (κ3) is 6.51. The van der Waals surface area contributed by atoms with E-state index in [0.29, 0.717) is 39.0 Å². The van der Waals surface area contributed by atoms with Gasteiger partial charge in [0.05, 0.1) is 26.4 Å². The van der Waals surface area contributed by atoms with Gasteiger partial charge in [0.1, 0.15) is 23.9 Å². The highest BCUT2D eigenvalue weighted by Gasteiger charge is 2.23. The van der Waals surface area contributed by atoms with Gasteiger partial charge in [-0.05, 0) is 68.3 Å². The van der Waals surface area contributed by atoms with Crippen LogP contribution in [0.25, 0.3) is 22.0 Å². The Bertz CT molecular complexity index is 1570. The maximum Gasteiger partial charge on any atom is 0.257 e. The zero-order valence-corrected chi connectivity index (χ0v) is 23.4. The quantitative estimate of drug-likeness (QED) is 0.181. The van der Waals surface area contributed by atoms with E-state index in [-0.39, 0.29) is 27.9 Å². The van der Waals surface area contributed by atoms with Crippen molar-refractivity contribution in [3.05, 3.63) is 76.1 Å². The number of benzene rings is 2. The normalized spacial score (nSPS) is 12.6. The van der Waals surface area contributed by atoms with E-state index in [4.69, 9.17) is 22.3 Å². The average molecular weight is 575 g/mol. The highest BCUT2D eigenvalue weighted by molar-refractivity contribution is 8.00. The molecule has 0 aliphatic heterocycles. The first kappa shape index (κ1) is 28.8. The molecule has 0 spiro atoms. The molecule has 1 unspecified atom stereocenters. The van der Waals surface area contributed by atoms with Crippen molar-refractivity contribution in [1.29, 1.82) is 0 Å². The third-order valence-electron chi connectivity index (χ3n) is 6.33. The predicted octanol–water partition coefficient (Wildman–Crippen LogP) is 7.72. The molecular weight excluding hydrogens is 548 g/mol. The minimum absolute atomic E-state index is 0.0390. The Balaban J connectivity index is 1.93. The molecular formula is C29H27ClF4N4S. The van der Waals surface area contributed by atoms with E-state index in [1.54, 1.807) is 30.0 Å². The summed E-state index contributed by atoms with van der Waals surface area (Å²) >= 11 is 8.01. The van der Waals surface area contributed by atoms with E-state index in [1.807, 2.05) is 33.1 Å². The van der Waals surface area contributed by atoms with Gasteiger partial charge in [-0.2, -0.15) is 5.10 Å². The summed E-state index contributed by atoms with van der Waals surface area (Å²) in [5.74, 6) is 4.69. The van der Waals surface area contributed by atoms with Crippen molar-refractivity contribution in [3.8, 4) is 23.0 Å². The molecule has 0 fully saturated rings. The van der Waals surface area contributed by atoms with Crippen LogP contribution < -0.4 is 5.73 Å². The lowest BCUT2D eigenvalue weighted by Gasteiger charge is -2.18. The number of anilines is 1. The molecule has 0 aliphatic carbocycles. The fourth-order valence-electron chi connectivity index (χ4n) is 4.38. The first-order chi connectivity index (χ1) is 18.4. The minimum Gasteiger partial charge on any atom is -0.382 e. The van der Waals surface area contributed by atoms with Gasteiger partial charge < -0.3 is 5.73 Å². The SMILES string of the molecule is CSC(C)(C)C#Cc1ccc(-c2ccc(Cl)c3c(N)nn(CC(F)F)c23)c(C(C)Cc2cc(F)cc(F)c2)n1. The molecule has 39 heavy (non-hydrogen) atoms. The molecule has 0 saturated heterocycles. The van der Waals surface area contributed by atoms with Gasteiger partial charge in [-0.3, -0.25) is 4.68 Å². The standard InChI is InChI=1S/C29H27ClF4N4S/c1-16(11-17-12-18(31)14-19(32)13-17)26-21(6-5-20(36-26)9-10-29(2,3)39-4)22-7-8-23(30)25-27(22)38(15-24(33)34)37-28(25)35/h5-8,12-14,16,24H,11,15H2,1-4H3,(H2,35,37). The van der Waals surface area contributed by atoms with Gasteiger partial charge in [0.25, 0.3) is 6.43 Å². The molecule has 0 saturated carbocycles. The van der Waals surface area contributed by atoms with Crippen molar-refractivity contribution in [2.24, 2.45) is 0 Å². The van der Waals surface area contributed by atoms with E-state index in [9.17, 15) is 17.6 Å². The summed E-state index contributed by atoms with van der Waals surface area (Å²) in [5, 5.41) is 4.77. The molecule has 2 N–H and O–H groups in total. The Morgan fingerprint density at radius 1 is 1.08 bits per heavy atom. The number of aromatic nitrogens is 3. The first-order valence-corrected chi connectivity index (χ1v) is 13.8. The van der Waals surface area contributed by atoms with Gasteiger partial charge in [0.15, 0.2) is 5.82 Å².